The maximum atomic E-state index is 5.47. The van der Waals surface area contributed by atoms with Crippen LogP contribution in [0.3, 0.4) is 0 Å². The Hall–Kier alpha value is -0.860. The first-order chi connectivity index (χ1) is 6.86. The molecule has 1 aromatic carbocycles. The van der Waals surface area contributed by atoms with Crippen LogP contribution in [-0.2, 0) is 11.2 Å². The highest BCUT2D eigenvalue weighted by Gasteiger charge is 2.06. The molecular weight excluding hydrogens is 174 g/mol. The lowest BCUT2D eigenvalue weighted by Gasteiger charge is -2.14. The van der Waals surface area contributed by atoms with E-state index in [4.69, 9.17) is 10.5 Å². The van der Waals surface area contributed by atoms with Crippen molar-refractivity contribution in [3.8, 4) is 0 Å². The second kappa shape index (κ2) is 6.57. The van der Waals surface area contributed by atoms with E-state index in [1.807, 2.05) is 6.07 Å². The molecule has 1 aromatic rings. The molecule has 1 rings (SSSR count). The van der Waals surface area contributed by atoms with Gasteiger partial charge in [-0.15, -0.1) is 0 Å². The Balaban J connectivity index is 2.40. The molecule has 0 aliphatic carbocycles. The van der Waals surface area contributed by atoms with E-state index in [-0.39, 0.29) is 0 Å². The summed E-state index contributed by atoms with van der Waals surface area (Å²) in [5, 5.41) is 0. The van der Waals surface area contributed by atoms with Crippen LogP contribution in [-0.4, -0.2) is 19.8 Å². The number of nitrogens with two attached hydrogens (primary N) is 1. The van der Waals surface area contributed by atoms with Gasteiger partial charge < -0.3 is 10.5 Å². The van der Waals surface area contributed by atoms with Crippen molar-refractivity contribution in [1.29, 1.82) is 0 Å². The van der Waals surface area contributed by atoms with Crippen LogP contribution in [0.5, 0.6) is 0 Å². The van der Waals surface area contributed by atoms with Gasteiger partial charge in [0, 0.05) is 7.11 Å². The second-order valence-corrected chi connectivity index (χ2v) is 3.48. The van der Waals surface area contributed by atoms with Gasteiger partial charge in [-0.2, -0.15) is 0 Å². The van der Waals surface area contributed by atoms with E-state index < -0.39 is 0 Å². The first-order valence-corrected chi connectivity index (χ1v) is 5.13. The molecule has 1 atom stereocenters. The molecule has 2 nitrogen and oxygen atoms in total. The minimum atomic E-state index is 0.306. The number of hydrogen-bond donors (Lipinski definition) is 1. The second-order valence-electron chi connectivity index (χ2n) is 3.48. The van der Waals surface area contributed by atoms with Crippen molar-refractivity contribution in [2.45, 2.75) is 25.4 Å². The third-order valence-electron chi connectivity index (χ3n) is 2.37. The number of benzene rings is 1. The zero-order chi connectivity index (χ0) is 10.2. The third-order valence-corrected chi connectivity index (χ3v) is 2.37. The summed E-state index contributed by atoms with van der Waals surface area (Å²) >= 11 is 0. The number of methoxy groups -OCH3 is 1. The van der Waals surface area contributed by atoms with Gasteiger partial charge in [0.15, 0.2) is 0 Å². The fraction of sp³-hybridized carbons (Fsp3) is 0.500. The third kappa shape index (κ3) is 3.90. The minimum Gasteiger partial charge on any atom is -0.381 e. The first kappa shape index (κ1) is 11.2. The van der Waals surface area contributed by atoms with Gasteiger partial charge in [-0.1, -0.05) is 30.3 Å². The van der Waals surface area contributed by atoms with Crippen LogP contribution in [0, 0.1) is 0 Å². The minimum absolute atomic E-state index is 0.306. The predicted octanol–water partition coefficient (Wildman–Crippen LogP) is 1.98. The first-order valence-electron chi connectivity index (χ1n) is 5.13. The van der Waals surface area contributed by atoms with Gasteiger partial charge in [-0.25, -0.2) is 0 Å². The topological polar surface area (TPSA) is 35.2 Å². The van der Waals surface area contributed by atoms with Gasteiger partial charge >= 0.3 is 0 Å². The molecule has 0 amide bonds. The summed E-state index contributed by atoms with van der Waals surface area (Å²) in [6, 6.07) is 10.4. The summed E-state index contributed by atoms with van der Waals surface area (Å²) in [5.74, 6) is 0. The van der Waals surface area contributed by atoms with Crippen molar-refractivity contribution in [3.63, 3.8) is 0 Å². The standard InChI is InChI=1S/C12H19NO/c1-14-12(8-5-9-13)10-11-6-3-2-4-7-11/h2-4,6-7,12H,5,8-10,13H2,1H3. The van der Waals surface area contributed by atoms with E-state index in [1.54, 1.807) is 7.11 Å². The number of rotatable bonds is 6. The average Bonchev–Trinajstić information content (AvgIpc) is 2.25. The summed E-state index contributed by atoms with van der Waals surface area (Å²) in [7, 11) is 1.77. The molecule has 1 unspecified atom stereocenters. The van der Waals surface area contributed by atoms with Crippen molar-refractivity contribution < 1.29 is 4.74 Å². The highest BCUT2D eigenvalue weighted by atomic mass is 16.5. The van der Waals surface area contributed by atoms with E-state index in [0.717, 1.165) is 25.8 Å². The van der Waals surface area contributed by atoms with Crippen LogP contribution in [0.15, 0.2) is 30.3 Å². The molecule has 0 spiro atoms. The lowest BCUT2D eigenvalue weighted by molar-refractivity contribution is 0.0943. The maximum Gasteiger partial charge on any atom is 0.0612 e. The van der Waals surface area contributed by atoms with Crippen LogP contribution >= 0.6 is 0 Å². The monoisotopic (exact) mass is 193 g/mol. The van der Waals surface area contributed by atoms with E-state index in [1.165, 1.54) is 5.56 Å². The smallest absolute Gasteiger partial charge is 0.0612 e. The number of ether oxygens (including phenoxy) is 1. The molecule has 78 valence electrons. The van der Waals surface area contributed by atoms with Crippen LogP contribution < -0.4 is 5.73 Å². The molecule has 2 N–H and O–H groups in total. The Morgan fingerprint density at radius 3 is 2.57 bits per heavy atom. The van der Waals surface area contributed by atoms with Gasteiger partial charge in [0.05, 0.1) is 6.10 Å². The molecule has 14 heavy (non-hydrogen) atoms. The van der Waals surface area contributed by atoms with E-state index in [2.05, 4.69) is 24.3 Å². The van der Waals surface area contributed by atoms with Crippen molar-refractivity contribution >= 4 is 0 Å². The molecule has 2 heteroatoms. The van der Waals surface area contributed by atoms with Crippen molar-refractivity contribution in [3.05, 3.63) is 35.9 Å². The molecule has 0 saturated heterocycles. The summed E-state index contributed by atoms with van der Waals surface area (Å²) in [4.78, 5) is 0. The van der Waals surface area contributed by atoms with Crippen LogP contribution in [0.4, 0.5) is 0 Å². The Morgan fingerprint density at radius 2 is 2.00 bits per heavy atom. The van der Waals surface area contributed by atoms with E-state index in [0.29, 0.717) is 6.10 Å². The number of hydrogen-bond acceptors (Lipinski definition) is 2. The summed E-state index contributed by atoms with van der Waals surface area (Å²) in [6.45, 7) is 0.745. The maximum absolute atomic E-state index is 5.47. The Kier molecular flexibility index (Phi) is 5.27. The lowest BCUT2D eigenvalue weighted by Crippen LogP contribution is -2.15. The molecule has 0 aromatic heterocycles. The van der Waals surface area contributed by atoms with Crippen molar-refractivity contribution in [1.82, 2.24) is 0 Å². The zero-order valence-corrected chi connectivity index (χ0v) is 8.78. The average molecular weight is 193 g/mol. The Morgan fingerprint density at radius 1 is 1.29 bits per heavy atom. The normalized spacial score (nSPS) is 12.7. The summed E-state index contributed by atoms with van der Waals surface area (Å²) in [5.41, 5.74) is 6.80. The molecule has 0 bridgehead atoms. The Bertz CT molecular complexity index is 235. The summed E-state index contributed by atoms with van der Waals surface area (Å²) in [6.07, 6.45) is 3.37. The van der Waals surface area contributed by atoms with Crippen molar-refractivity contribution in [2.24, 2.45) is 5.73 Å². The largest absolute Gasteiger partial charge is 0.381 e. The highest BCUT2D eigenvalue weighted by Crippen LogP contribution is 2.09. The van der Waals surface area contributed by atoms with E-state index >= 15 is 0 Å². The molecule has 0 radical (unpaired) electrons. The fourth-order valence-electron chi connectivity index (χ4n) is 1.53. The molecule has 0 aliphatic heterocycles. The van der Waals surface area contributed by atoms with Crippen molar-refractivity contribution in [2.75, 3.05) is 13.7 Å². The predicted molar refractivity (Wildman–Crippen MR) is 59.2 cm³/mol. The molecule has 0 aliphatic rings. The van der Waals surface area contributed by atoms with Gasteiger partial charge in [-0.3, -0.25) is 0 Å². The van der Waals surface area contributed by atoms with Crippen LogP contribution in [0.2, 0.25) is 0 Å². The molecule has 0 saturated carbocycles. The SMILES string of the molecule is COC(CCCN)Cc1ccccc1. The van der Waals surface area contributed by atoms with Gasteiger partial charge in [0.1, 0.15) is 0 Å². The quantitative estimate of drug-likeness (QED) is 0.749. The molecule has 0 heterocycles. The Labute approximate surface area is 86.1 Å². The lowest BCUT2D eigenvalue weighted by atomic mass is 10.0. The highest BCUT2D eigenvalue weighted by molar-refractivity contribution is 5.15. The molecule has 0 fully saturated rings. The van der Waals surface area contributed by atoms with E-state index in [9.17, 15) is 0 Å². The zero-order valence-electron chi connectivity index (χ0n) is 8.78. The summed E-state index contributed by atoms with van der Waals surface area (Å²) < 4.78 is 5.40. The van der Waals surface area contributed by atoms with Gasteiger partial charge in [-0.05, 0) is 31.4 Å². The van der Waals surface area contributed by atoms with Gasteiger partial charge in [0.25, 0.3) is 0 Å². The fourth-order valence-corrected chi connectivity index (χ4v) is 1.53. The van der Waals surface area contributed by atoms with Crippen LogP contribution in [0.25, 0.3) is 0 Å². The van der Waals surface area contributed by atoms with Gasteiger partial charge in [0.2, 0.25) is 0 Å². The molecular formula is C12H19NO. The van der Waals surface area contributed by atoms with Crippen LogP contribution in [0.1, 0.15) is 18.4 Å².